The van der Waals surface area contributed by atoms with Crippen LogP contribution in [-0.2, 0) is 23.7 Å². The largest absolute Gasteiger partial charge is 0.308 e. The fourth-order valence-electron chi connectivity index (χ4n) is 15.0. The maximum atomic E-state index is 5.12. The second-order valence-electron chi connectivity index (χ2n) is 21.4. The highest BCUT2D eigenvalue weighted by Gasteiger charge is 2.53. The lowest BCUT2D eigenvalue weighted by Crippen LogP contribution is -2.49. The minimum atomic E-state index is -2.12. The molecular formula is C68H45N3SSi. The van der Waals surface area contributed by atoms with Gasteiger partial charge in [-0.05, 0) is 143 Å². The zero-order valence-corrected chi connectivity index (χ0v) is 42.2. The van der Waals surface area contributed by atoms with E-state index < -0.39 is 18.9 Å². The first-order chi connectivity index (χ1) is 36.0. The summed E-state index contributed by atoms with van der Waals surface area (Å²) in [7, 11) is -2.12. The Kier molecular flexibility index (Phi) is 7.77. The first-order valence-corrected chi connectivity index (χ1v) is 29.6. The number of fused-ring (bicyclic) bond motifs is 18. The van der Waals surface area contributed by atoms with Gasteiger partial charge >= 0.3 is 0 Å². The summed E-state index contributed by atoms with van der Waals surface area (Å²) in [6, 6.07) is 77.0. The number of aromatic nitrogens is 2. The molecule has 17 rings (SSSR count). The molecule has 3 aromatic heterocycles. The van der Waals surface area contributed by atoms with Gasteiger partial charge in [-0.1, -0.05) is 177 Å². The lowest BCUT2D eigenvalue weighted by Gasteiger charge is -2.47. The number of anilines is 3. The third-order valence-electron chi connectivity index (χ3n) is 17.9. The van der Waals surface area contributed by atoms with Gasteiger partial charge in [-0.2, -0.15) is 0 Å². The highest BCUT2D eigenvalue weighted by Crippen LogP contribution is 2.65. The summed E-state index contributed by atoms with van der Waals surface area (Å²) in [6.07, 6.45) is 6.02. The van der Waals surface area contributed by atoms with Gasteiger partial charge in [0.1, 0.15) is 8.07 Å². The Hall–Kier alpha value is -8.22. The van der Waals surface area contributed by atoms with E-state index in [1.54, 1.807) is 0 Å². The monoisotopic (exact) mass is 963 g/mol. The molecule has 0 unspecified atom stereocenters. The number of thiophene rings is 1. The van der Waals surface area contributed by atoms with Crippen LogP contribution in [-0.4, -0.2) is 18.0 Å². The summed E-state index contributed by atoms with van der Waals surface area (Å²) in [5.74, 6) is 0. The van der Waals surface area contributed by atoms with Crippen molar-refractivity contribution in [3.8, 4) is 33.6 Å². The molecule has 12 aromatic rings. The lowest BCUT2D eigenvalue weighted by molar-refractivity contribution is 0.732. The van der Waals surface area contributed by atoms with Crippen LogP contribution in [0.25, 0.3) is 64.6 Å². The molecule has 2 aliphatic heterocycles. The summed E-state index contributed by atoms with van der Waals surface area (Å²) >= 11 is 1.98. The smallest absolute Gasteiger partial charge is 0.113 e. The van der Waals surface area contributed by atoms with Gasteiger partial charge in [-0.15, -0.1) is 11.3 Å². The van der Waals surface area contributed by atoms with Crippen LogP contribution in [0.2, 0.25) is 13.1 Å². The van der Waals surface area contributed by atoms with Crippen molar-refractivity contribution in [2.45, 2.75) is 36.8 Å². The third kappa shape index (κ3) is 4.77. The zero-order valence-electron chi connectivity index (χ0n) is 40.4. The number of benzene rings is 9. The third-order valence-corrected chi connectivity index (χ3v) is 22.7. The van der Waals surface area contributed by atoms with Crippen molar-refractivity contribution in [2.24, 2.45) is 0 Å². The van der Waals surface area contributed by atoms with E-state index in [9.17, 15) is 0 Å². The maximum Gasteiger partial charge on any atom is 0.113 e. The first-order valence-electron chi connectivity index (χ1n) is 25.8. The topological polar surface area (TPSA) is 29.0 Å². The van der Waals surface area contributed by atoms with Gasteiger partial charge in [-0.25, -0.2) is 0 Å². The number of pyridine rings is 2. The summed E-state index contributed by atoms with van der Waals surface area (Å²) in [6.45, 7) is 5.10. The molecule has 0 saturated heterocycles. The molecular weight excluding hydrogens is 919 g/mol. The molecule has 342 valence electrons. The minimum Gasteiger partial charge on any atom is -0.308 e. The maximum absolute atomic E-state index is 5.12. The molecule has 1 spiro atoms. The van der Waals surface area contributed by atoms with Crippen molar-refractivity contribution >= 4 is 77.8 Å². The van der Waals surface area contributed by atoms with Crippen LogP contribution in [0.4, 0.5) is 17.1 Å². The molecule has 0 bridgehead atoms. The van der Waals surface area contributed by atoms with Crippen molar-refractivity contribution in [3.05, 3.63) is 268 Å². The van der Waals surface area contributed by atoms with Crippen molar-refractivity contribution in [3.63, 3.8) is 0 Å². The Balaban J connectivity index is 0.997. The van der Waals surface area contributed by atoms with Crippen LogP contribution in [0.15, 0.2) is 213 Å². The van der Waals surface area contributed by atoms with Crippen LogP contribution in [0.5, 0.6) is 0 Å². The molecule has 0 N–H and O–H groups in total. The quantitative estimate of drug-likeness (QED) is 0.165. The Morgan fingerprint density at radius 3 is 1.81 bits per heavy atom. The predicted octanol–water partition coefficient (Wildman–Crippen LogP) is 15.4. The standard InChI is InChI=1S/C68H45N3SSi/c1-73(2)58-27-12-9-20-44(58)48-38-54-57(39-59(48)73)71(55-25-11-10-22-49(55)67(54,42-16-5-3-6-17-42)43-18-7-4-8-19-43)56-26-13-21-45-46-33-35-51-62(66(46)72-65(45)56)47-32-30-40-28-29-41-31-34-50(61(47)60(40)41)68(51)52-23-14-36-69-63(52)64-53(68)24-15-37-70-64/h3-27,30-39H,28-29H2,1-2H3. The molecule has 9 aromatic carbocycles. The van der Waals surface area contributed by atoms with Gasteiger partial charge < -0.3 is 4.90 Å². The van der Waals surface area contributed by atoms with Gasteiger partial charge in [-0.3, -0.25) is 9.97 Å². The van der Waals surface area contributed by atoms with Crippen molar-refractivity contribution in [2.75, 3.05) is 4.90 Å². The molecule has 0 radical (unpaired) electrons. The van der Waals surface area contributed by atoms with E-state index in [1.165, 1.54) is 136 Å². The van der Waals surface area contributed by atoms with Gasteiger partial charge in [0.15, 0.2) is 0 Å². The normalized spacial score (nSPS) is 16.0. The molecule has 0 saturated carbocycles. The summed E-state index contributed by atoms with van der Waals surface area (Å²) in [5.41, 5.74) is 23.0. The first kappa shape index (κ1) is 40.4. The Labute approximate surface area is 428 Å². The predicted molar refractivity (Wildman–Crippen MR) is 305 cm³/mol. The molecule has 5 heteroatoms. The van der Waals surface area contributed by atoms with Crippen LogP contribution in [0.1, 0.15) is 55.6 Å². The van der Waals surface area contributed by atoms with Crippen LogP contribution < -0.4 is 15.3 Å². The van der Waals surface area contributed by atoms with E-state index in [1.807, 2.05) is 23.7 Å². The summed E-state index contributed by atoms with van der Waals surface area (Å²) in [4.78, 5) is 12.9. The van der Waals surface area contributed by atoms with Crippen LogP contribution >= 0.6 is 11.3 Å². The Morgan fingerprint density at radius 2 is 1.05 bits per heavy atom. The van der Waals surface area contributed by atoms with Crippen molar-refractivity contribution in [1.29, 1.82) is 0 Å². The van der Waals surface area contributed by atoms with E-state index in [-0.39, 0.29) is 0 Å². The number of rotatable bonds is 3. The molecule has 0 atom stereocenters. The average molecular weight is 964 g/mol. The molecule has 5 heterocycles. The second-order valence-corrected chi connectivity index (χ2v) is 26.7. The molecule has 5 aliphatic rings. The lowest BCUT2D eigenvalue weighted by atomic mass is 9.61. The molecule has 3 aliphatic carbocycles. The fraction of sp³-hybridized carbons (Fsp3) is 0.0882. The fourth-order valence-corrected chi connectivity index (χ4v) is 19.5. The highest BCUT2D eigenvalue weighted by atomic mass is 32.1. The number of hydrogen-bond donors (Lipinski definition) is 0. The number of hydrogen-bond acceptors (Lipinski definition) is 4. The minimum absolute atomic E-state index is 0.583. The van der Waals surface area contributed by atoms with Gasteiger partial charge in [0, 0.05) is 33.4 Å². The second kappa shape index (κ2) is 14.0. The number of para-hydroxylation sites is 1. The van der Waals surface area contributed by atoms with Crippen molar-refractivity contribution in [1.82, 2.24) is 9.97 Å². The SMILES string of the molecule is C[Si]1(C)c2ccccc2-c2cc3c(cc21)N(c1cccc2c1sc1c4c(ccc12)C1(c2cccnc2-c2ncccc21)c1ccc2c5c(ccc-4c15)CC2)c1ccccc1C3(c1ccccc1)c1ccccc1. The Morgan fingerprint density at radius 1 is 0.425 bits per heavy atom. The molecule has 3 nitrogen and oxygen atoms in total. The van der Waals surface area contributed by atoms with E-state index >= 15 is 0 Å². The summed E-state index contributed by atoms with van der Waals surface area (Å²) in [5, 5.41) is 8.44. The average Bonchev–Trinajstić information content (AvgIpc) is 4.20. The highest BCUT2D eigenvalue weighted by molar-refractivity contribution is 7.27. The van der Waals surface area contributed by atoms with Crippen LogP contribution in [0.3, 0.4) is 0 Å². The van der Waals surface area contributed by atoms with E-state index in [0.29, 0.717) is 0 Å². The molecule has 0 amide bonds. The van der Waals surface area contributed by atoms with Gasteiger partial charge in [0.25, 0.3) is 0 Å². The zero-order chi connectivity index (χ0) is 48.0. The molecule has 73 heavy (non-hydrogen) atoms. The van der Waals surface area contributed by atoms with E-state index in [4.69, 9.17) is 9.97 Å². The molecule has 0 fully saturated rings. The van der Waals surface area contributed by atoms with Crippen LogP contribution in [0, 0.1) is 0 Å². The number of nitrogens with zero attached hydrogens (tertiary/aromatic N) is 3. The Bertz CT molecular complexity index is 4340. The van der Waals surface area contributed by atoms with E-state index in [0.717, 1.165) is 24.2 Å². The van der Waals surface area contributed by atoms with Crippen molar-refractivity contribution < 1.29 is 0 Å². The van der Waals surface area contributed by atoms with Gasteiger partial charge in [0.2, 0.25) is 0 Å². The van der Waals surface area contributed by atoms with Gasteiger partial charge in [0.05, 0.1) is 44.0 Å². The summed E-state index contributed by atoms with van der Waals surface area (Å²) < 4.78 is 2.62. The van der Waals surface area contributed by atoms with E-state index in [2.05, 4.69) is 218 Å². The number of aryl methyl sites for hydroxylation is 2.